The van der Waals surface area contributed by atoms with Gasteiger partial charge in [0, 0.05) is 0 Å². The second-order valence-corrected chi connectivity index (χ2v) is 7.26. The van der Waals surface area contributed by atoms with E-state index in [1.54, 1.807) is 26.8 Å². The van der Waals surface area contributed by atoms with Gasteiger partial charge in [0.1, 0.15) is 29.3 Å². The minimum atomic E-state index is -0.864. The number of halogens is 1. The predicted octanol–water partition coefficient (Wildman–Crippen LogP) is 4.62. The van der Waals surface area contributed by atoms with E-state index in [0.29, 0.717) is 9.71 Å². The number of thiazole rings is 1. The van der Waals surface area contributed by atoms with Crippen LogP contribution in [0.1, 0.15) is 25.8 Å². The lowest BCUT2D eigenvalue weighted by Gasteiger charge is -2.19. The van der Waals surface area contributed by atoms with Crippen molar-refractivity contribution in [1.29, 1.82) is 0 Å². The first-order valence-corrected chi connectivity index (χ1v) is 8.49. The SMILES string of the molecule is C=CCOC(=O)OCc1nc2c(F)c(NC(=O)OC(C)(C)C)ccc2s1. The van der Waals surface area contributed by atoms with E-state index in [-0.39, 0.29) is 24.4 Å². The van der Waals surface area contributed by atoms with Gasteiger partial charge in [-0.15, -0.1) is 11.3 Å². The molecule has 1 N–H and O–H groups in total. The van der Waals surface area contributed by atoms with Gasteiger partial charge in [-0.2, -0.15) is 0 Å². The Morgan fingerprint density at radius 1 is 1.35 bits per heavy atom. The van der Waals surface area contributed by atoms with Crippen LogP contribution in [0.2, 0.25) is 0 Å². The highest BCUT2D eigenvalue weighted by Crippen LogP contribution is 2.29. The van der Waals surface area contributed by atoms with Gasteiger partial charge in [0.2, 0.25) is 0 Å². The average Bonchev–Trinajstić information content (AvgIpc) is 2.96. The smallest absolute Gasteiger partial charge is 0.444 e. The molecule has 2 rings (SSSR count). The van der Waals surface area contributed by atoms with Crippen LogP contribution in [0.25, 0.3) is 10.2 Å². The van der Waals surface area contributed by atoms with Gasteiger partial charge < -0.3 is 14.2 Å². The highest BCUT2D eigenvalue weighted by atomic mass is 32.1. The number of hydrogen-bond donors (Lipinski definition) is 1. The molecule has 0 unspecified atom stereocenters. The van der Waals surface area contributed by atoms with Crippen molar-refractivity contribution in [3.8, 4) is 0 Å². The van der Waals surface area contributed by atoms with Crippen LogP contribution in [0.4, 0.5) is 19.7 Å². The van der Waals surface area contributed by atoms with Crippen molar-refractivity contribution >= 4 is 39.5 Å². The van der Waals surface area contributed by atoms with Crippen LogP contribution in [-0.2, 0) is 20.8 Å². The lowest BCUT2D eigenvalue weighted by molar-refractivity contribution is 0.0575. The largest absolute Gasteiger partial charge is 0.509 e. The Balaban J connectivity index is 2.10. The molecular formula is C17H19FN2O5S. The number of nitrogens with zero attached hydrogens (tertiary/aromatic N) is 1. The zero-order valence-electron chi connectivity index (χ0n) is 14.6. The van der Waals surface area contributed by atoms with Gasteiger partial charge in [0.25, 0.3) is 0 Å². The van der Waals surface area contributed by atoms with Crippen molar-refractivity contribution in [3.05, 3.63) is 35.6 Å². The summed E-state index contributed by atoms with van der Waals surface area (Å²) in [6.07, 6.45) is -0.218. The number of ether oxygens (including phenoxy) is 3. The molecule has 1 aromatic heterocycles. The number of fused-ring (bicyclic) bond motifs is 1. The first-order chi connectivity index (χ1) is 12.2. The zero-order valence-corrected chi connectivity index (χ0v) is 15.4. The van der Waals surface area contributed by atoms with Gasteiger partial charge in [-0.05, 0) is 32.9 Å². The lowest BCUT2D eigenvalue weighted by Crippen LogP contribution is -2.27. The summed E-state index contributed by atoms with van der Waals surface area (Å²) < 4.78 is 29.8. The number of benzene rings is 1. The highest BCUT2D eigenvalue weighted by molar-refractivity contribution is 7.18. The van der Waals surface area contributed by atoms with E-state index in [4.69, 9.17) is 9.47 Å². The Morgan fingerprint density at radius 2 is 2.08 bits per heavy atom. The second-order valence-electron chi connectivity index (χ2n) is 6.15. The molecule has 7 nitrogen and oxygen atoms in total. The molecule has 0 fully saturated rings. The molecule has 0 aliphatic rings. The molecule has 0 saturated carbocycles. The van der Waals surface area contributed by atoms with E-state index in [1.807, 2.05) is 0 Å². The fraction of sp³-hybridized carbons (Fsp3) is 0.353. The summed E-state index contributed by atoms with van der Waals surface area (Å²) in [4.78, 5) is 27.2. The fourth-order valence-electron chi connectivity index (χ4n) is 1.87. The third-order valence-corrected chi connectivity index (χ3v) is 3.81. The van der Waals surface area contributed by atoms with Gasteiger partial charge in [-0.3, -0.25) is 5.32 Å². The quantitative estimate of drug-likeness (QED) is 0.600. The average molecular weight is 382 g/mol. The number of carbonyl (C=O) groups excluding carboxylic acids is 2. The molecule has 0 aliphatic carbocycles. The molecule has 0 aliphatic heterocycles. The number of carbonyl (C=O) groups is 2. The summed E-state index contributed by atoms with van der Waals surface area (Å²) in [5.41, 5.74) is -0.674. The molecule has 9 heteroatoms. The molecule has 1 heterocycles. The monoisotopic (exact) mass is 382 g/mol. The molecule has 140 valence electrons. The number of amides is 1. The Kier molecular flexibility index (Phi) is 6.14. The van der Waals surface area contributed by atoms with Crippen LogP contribution in [0.3, 0.4) is 0 Å². The van der Waals surface area contributed by atoms with Crippen LogP contribution in [0, 0.1) is 5.82 Å². The van der Waals surface area contributed by atoms with E-state index >= 15 is 0 Å². The van der Waals surface area contributed by atoms with Crippen molar-refractivity contribution in [2.75, 3.05) is 11.9 Å². The summed E-state index contributed by atoms with van der Waals surface area (Å²) >= 11 is 1.17. The van der Waals surface area contributed by atoms with Gasteiger partial charge in [0.15, 0.2) is 5.82 Å². The molecular weight excluding hydrogens is 363 g/mol. The molecule has 2 aromatic rings. The van der Waals surface area contributed by atoms with Crippen LogP contribution < -0.4 is 5.32 Å². The predicted molar refractivity (Wildman–Crippen MR) is 95.8 cm³/mol. The summed E-state index contributed by atoms with van der Waals surface area (Å²) in [5.74, 6) is -0.690. The zero-order chi connectivity index (χ0) is 19.3. The molecule has 0 saturated heterocycles. The lowest BCUT2D eigenvalue weighted by atomic mass is 10.2. The molecule has 0 atom stereocenters. The Bertz CT molecular complexity index is 828. The van der Waals surface area contributed by atoms with Crippen molar-refractivity contribution in [2.24, 2.45) is 0 Å². The summed E-state index contributed by atoms with van der Waals surface area (Å²) in [5, 5.41) is 2.75. The first kappa shape index (κ1) is 19.6. The van der Waals surface area contributed by atoms with Crippen LogP contribution in [-0.4, -0.2) is 29.4 Å². The Morgan fingerprint density at radius 3 is 2.73 bits per heavy atom. The van der Waals surface area contributed by atoms with E-state index < -0.39 is 23.7 Å². The normalized spacial score (nSPS) is 11.1. The Hall–Kier alpha value is -2.68. The number of anilines is 1. The maximum Gasteiger partial charge on any atom is 0.509 e. The van der Waals surface area contributed by atoms with Gasteiger partial charge >= 0.3 is 12.2 Å². The Labute approximate surface area is 153 Å². The maximum absolute atomic E-state index is 14.6. The second kappa shape index (κ2) is 8.13. The third-order valence-electron chi connectivity index (χ3n) is 2.81. The number of nitrogens with one attached hydrogen (secondary N) is 1. The number of hydrogen-bond acceptors (Lipinski definition) is 7. The van der Waals surface area contributed by atoms with Crippen molar-refractivity contribution in [2.45, 2.75) is 33.0 Å². The van der Waals surface area contributed by atoms with Gasteiger partial charge in [0.05, 0.1) is 10.4 Å². The van der Waals surface area contributed by atoms with Crippen molar-refractivity contribution < 1.29 is 28.2 Å². The topological polar surface area (TPSA) is 86.8 Å². The van der Waals surface area contributed by atoms with Gasteiger partial charge in [-0.1, -0.05) is 12.7 Å². The van der Waals surface area contributed by atoms with Gasteiger partial charge in [-0.25, -0.2) is 19.0 Å². The first-order valence-electron chi connectivity index (χ1n) is 7.68. The molecule has 0 bridgehead atoms. The highest BCUT2D eigenvalue weighted by Gasteiger charge is 2.19. The minimum absolute atomic E-state index is 0.0347. The summed E-state index contributed by atoms with van der Waals surface area (Å²) in [6.45, 7) is 8.42. The summed E-state index contributed by atoms with van der Waals surface area (Å²) in [6, 6.07) is 3.03. The molecule has 26 heavy (non-hydrogen) atoms. The van der Waals surface area contributed by atoms with E-state index in [0.717, 1.165) is 0 Å². The molecule has 0 spiro atoms. The van der Waals surface area contributed by atoms with Crippen LogP contribution in [0.5, 0.6) is 0 Å². The minimum Gasteiger partial charge on any atom is -0.444 e. The maximum atomic E-state index is 14.6. The van der Waals surface area contributed by atoms with E-state index in [2.05, 4.69) is 21.6 Å². The standard InChI is InChI=1S/C17H19FN2O5S/c1-5-8-23-16(22)24-9-12-20-14-11(26-12)7-6-10(13(14)18)19-15(21)25-17(2,3)4/h5-7H,1,8-9H2,2-4H3,(H,19,21). The van der Waals surface area contributed by atoms with Crippen molar-refractivity contribution in [1.82, 2.24) is 4.98 Å². The third kappa shape index (κ3) is 5.41. The molecule has 0 radical (unpaired) electrons. The van der Waals surface area contributed by atoms with Crippen LogP contribution >= 0.6 is 11.3 Å². The fourth-order valence-corrected chi connectivity index (χ4v) is 2.75. The van der Waals surface area contributed by atoms with E-state index in [9.17, 15) is 14.0 Å². The molecule has 1 amide bonds. The number of rotatable bonds is 5. The van der Waals surface area contributed by atoms with E-state index in [1.165, 1.54) is 23.5 Å². The number of aromatic nitrogens is 1. The van der Waals surface area contributed by atoms with Crippen molar-refractivity contribution in [3.63, 3.8) is 0 Å². The summed E-state index contributed by atoms with van der Waals surface area (Å²) in [7, 11) is 0. The molecule has 1 aromatic carbocycles. The van der Waals surface area contributed by atoms with Crippen LogP contribution in [0.15, 0.2) is 24.8 Å².